The van der Waals surface area contributed by atoms with Gasteiger partial charge in [0.25, 0.3) is 5.91 Å². The molecule has 1 aliphatic heterocycles. The highest BCUT2D eigenvalue weighted by atomic mass is 32.1. The Bertz CT molecular complexity index is 987. The van der Waals surface area contributed by atoms with Crippen molar-refractivity contribution in [3.05, 3.63) is 76.5 Å². The molecule has 0 aromatic heterocycles. The van der Waals surface area contributed by atoms with Crippen molar-refractivity contribution in [3.8, 4) is 0 Å². The van der Waals surface area contributed by atoms with Gasteiger partial charge in [-0.05, 0) is 61.5 Å². The molecule has 1 atom stereocenters. The van der Waals surface area contributed by atoms with E-state index in [-0.39, 0.29) is 5.91 Å². The fourth-order valence-corrected chi connectivity index (χ4v) is 3.64. The average Bonchev–Trinajstić information content (AvgIpc) is 2.63. The summed E-state index contributed by atoms with van der Waals surface area (Å²) in [6, 6.07) is 10.7. The highest BCUT2D eigenvalue weighted by Gasteiger charge is 2.35. The summed E-state index contributed by atoms with van der Waals surface area (Å²) in [7, 11) is 3.30. The molecule has 0 fully saturated rings. The SMILES string of the molecule is CC1=C(C(=O)N(C)C)[C@@H](c2ccc(F)c(F)c2)NC(=S)N1c1cccc(C)c1. The van der Waals surface area contributed by atoms with Crippen LogP contribution < -0.4 is 10.2 Å². The zero-order chi connectivity index (χ0) is 20.6. The first-order chi connectivity index (χ1) is 13.2. The van der Waals surface area contributed by atoms with Crippen LogP contribution in [-0.2, 0) is 4.79 Å². The van der Waals surface area contributed by atoms with Crippen LogP contribution in [0.2, 0.25) is 0 Å². The molecule has 1 N–H and O–H groups in total. The number of amides is 1. The molecular formula is C21H21F2N3OS. The Morgan fingerprint density at radius 1 is 1.11 bits per heavy atom. The highest BCUT2D eigenvalue weighted by molar-refractivity contribution is 7.80. The second-order valence-electron chi connectivity index (χ2n) is 6.93. The predicted molar refractivity (Wildman–Crippen MR) is 110 cm³/mol. The van der Waals surface area contributed by atoms with Crippen molar-refractivity contribution >= 4 is 28.9 Å². The zero-order valence-electron chi connectivity index (χ0n) is 16.1. The highest BCUT2D eigenvalue weighted by Crippen LogP contribution is 2.35. The number of hydrogen-bond acceptors (Lipinski definition) is 2. The average molecular weight is 401 g/mol. The van der Waals surface area contributed by atoms with Crippen molar-refractivity contribution in [2.75, 3.05) is 19.0 Å². The molecule has 0 saturated heterocycles. The van der Waals surface area contributed by atoms with Gasteiger partial charge in [-0.3, -0.25) is 9.69 Å². The Morgan fingerprint density at radius 3 is 2.43 bits per heavy atom. The number of anilines is 1. The van der Waals surface area contributed by atoms with E-state index in [1.807, 2.05) is 31.2 Å². The van der Waals surface area contributed by atoms with Crippen molar-refractivity contribution in [2.45, 2.75) is 19.9 Å². The molecule has 3 rings (SSSR count). The van der Waals surface area contributed by atoms with Gasteiger partial charge >= 0.3 is 0 Å². The third kappa shape index (κ3) is 3.62. The van der Waals surface area contributed by atoms with Crippen molar-refractivity contribution < 1.29 is 13.6 Å². The predicted octanol–water partition coefficient (Wildman–Crippen LogP) is 4.07. The van der Waals surface area contributed by atoms with E-state index in [2.05, 4.69) is 5.32 Å². The number of hydrogen-bond donors (Lipinski definition) is 1. The molecule has 2 aromatic carbocycles. The minimum Gasteiger partial charge on any atom is -0.351 e. The number of nitrogens with zero attached hydrogens (tertiary/aromatic N) is 2. The molecular weight excluding hydrogens is 380 g/mol. The summed E-state index contributed by atoms with van der Waals surface area (Å²) in [5, 5.41) is 3.51. The van der Waals surface area contributed by atoms with Gasteiger partial charge in [-0.25, -0.2) is 8.78 Å². The number of rotatable bonds is 3. The third-order valence-electron chi connectivity index (χ3n) is 4.66. The van der Waals surface area contributed by atoms with Crippen LogP contribution in [0.4, 0.5) is 14.5 Å². The lowest BCUT2D eigenvalue weighted by Gasteiger charge is -2.38. The molecule has 0 unspecified atom stereocenters. The van der Waals surface area contributed by atoms with Crippen LogP contribution in [0.15, 0.2) is 53.7 Å². The van der Waals surface area contributed by atoms with E-state index in [1.54, 1.807) is 25.9 Å². The quantitative estimate of drug-likeness (QED) is 0.787. The van der Waals surface area contributed by atoms with Crippen LogP contribution in [0.1, 0.15) is 24.1 Å². The molecule has 0 spiro atoms. The van der Waals surface area contributed by atoms with Gasteiger partial charge in [0.2, 0.25) is 0 Å². The number of aryl methyl sites for hydroxylation is 1. The van der Waals surface area contributed by atoms with Crippen molar-refractivity contribution in [1.29, 1.82) is 0 Å². The maximum atomic E-state index is 13.8. The third-order valence-corrected chi connectivity index (χ3v) is 4.96. The molecule has 0 radical (unpaired) electrons. The number of halogens is 2. The second kappa shape index (κ2) is 7.67. The van der Waals surface area contributed by atoms with E-state index >= 15 is 0 Å². The molecule has 28 heavy (non-hydrogen) atoms. The van der Waals surface area contributed by atoms with Gasteiger partial charge in [0.1, 0.15) is 0 Å². The monoisotopic (exact) mass is 401 g/mol. The first-order valence-corrected chi connectivity index (χ1v) is 9.16. The molecule has 0 bridgehead atoms. The van der Waals surface area contributed by atoms with Gasteiger partial charge in [0, 0.05) is 25.5 Å². The minimum atomic E-state index is -0.972. The number of likely N-dealkylation sites (N-methyl/N-ethyl adjacent to an activating group) is 1. The standard InChI is InChI=1S/C21H21F2N3OS/c1-12-6-5-7-15(10-12)26-13(2)18(20(27)25(3)4)19(24-21(26)28)14-8-9-16(22)17(23)11-14/h5-11,19H,1-4H3,(H,24,28)/t19-/m1/s1. The minimum absolute atomic E-state index is 0.236. The lowest BCUT2D eigenvalue weighted by Crippen LogP contribution is -2.49. The van der Waals surface area contributed by atoms with Crippen molar-refractivity contribution in [3.63, 3.8) is 0 Å². The molecule has 0 saturated carbocycles. The number of allylic oxidation sites excluding steroid dienone is 1. The maximum absolute atomic E-state index is 13.8. The number of benzene rings is 2. The molecule has 1 amide bonds. The topological polar surface area (TPSA) is 35.6 Å². The van der Waals surface area contributed by atoms with Gasteiger partial charge in [0.15, 0.2) is 16.7 Å². The first kappa shape index (κ1) is 19.9. The van der Waals surface area contributed by atoms with E-state index in [9.17, 15) is 13.6 Å². The summed E-state index contributed by atoms with van der Waals surface area (Å²) in [6.45, 7) is 3.78. The first-order valence-electron chi connectivity index (χ1n) is 8.75. The van der Waals surface area contributed by atoms with Gasteiger partial charge < -0.3 is 10.2 Å². The summed E-state index contributed by atoms with van der Waals surface area (Å²) in [5.74, 6) is -2.15. The van der Waals surface area contributed by atoms with Crippen LogP contribution in [0.5, 0.6) is 0 Å². The van der Waals surface area contributed by atoms with Gasteiger partial charge in [-0.1, -0.05) is 18.2 Å². The normalized spacial score (nSPS) is 16.9. The van der Waals surface area contributed by atoms with Crippen LogP contribution in [0.3, 0.4) is 0 Å². The van der Waals surface area contributed by atoms with E-state index in [0.717, 1.165) is 23.4 Å². The Labute approximate surface area is 168 Å². The Kier molecular flexibility index (Phi) is 5.47. The van der Waals surface area contributed by atoms with Crippen LogP contribution >= 0.6 is 12.2 Å². The molecule has 1 aliphatic rings. The van der Waals surface area contributed by atoms with Gasteiger partial charge in [-0.15, -0.1) is 0 Å². The summed E-state index contributed by atoms with van der Waals surface area (Å²) in [5.41, 5.74) is 3.36. The van der Waals surface area contributed by atoms with Crippen molar-refractivity contribution in [1.82, 2.24) is 10.2 Å². The summed E-state index contributed by atoms with van der Waals surface area (Å²) < 4.78 is 27.3. The van der Waals surface area contributed by atoms with E-state index in [1.165, 1.54) is 11.0 Å². The molecule has 2 aromatic rings. The lowest BCUT2D eigenvalue weighted by molar-refractivity contribution is -0.125. The van der Waals surface area contributed by atoms with E-state index in [0.29, 0.717) is 21.9 Å². The molecule has 4 nitrogen and oxygen atoms in total. The number of thiocarbonyl (C=S) groups is 1. The largest absolute Gasteiger partial charge is 0.351 e. The van der Waals surface area contributed by atoms with Crippen LogP contribution in [0, 0.1) is 18.6 Å². The Morgan fingerprint density at radius 2 is 1.82 bits per heavy atom. The lowest BCUT2D eigenvalue weighted by atomic mass is 9.93. The number of nitrogens with one attached hydrogen (secondary N) is 1. The fourth-order valence-electron chi connectivity index (χ4n) is 3.28. The van der Waals surface area contributed by atoms with E-state index in [4.69, 9.17) is 12.2 Å². The Balaban J connectivity index is 2.18. The maximum Gasteiger partial charge on any atom is 0.253 e. The zero-order valence-corrected chi connectivity index (χ0v) is 16.9. The Hall–Kier alpha value is -2.80. The molecule has 0 aliphatic carbocycles. The van der Waals surface area contributed by atoms with Gasteiger partial charge in [0.05, 0.1) is 11.6 Å². The van der Waals surface area contributed by atoms with Crippen LogP contribution in [-0.4, -0.2) is 30.0 Å². The summed E-state index contributed by atoms with van der Waals surface area (Å²) in [6.07, 6.45) is 0. The number of carbonyl (C=O) groups excluding carboxylic acids is 1. The second-order valence-corrected chi connectivity index (χ2v) is 7.32. The smallest absolute Gasteiger partial charge is 0.253 e. The molecule has 146 valence electrons. The summed E-state index contributed by atoms with van der Waals surface area (Å²) in [4.78, 5) is 16.2. The fraction of sp³-hybridized carbons (Fsp3) is 0.238. The van der Waals surface area contributed by atoms with Crippen molar-refractivity contribution in [2.24, 2.45) is 0 Å². The molecule has 1 heterocycles. The number of carbonyl (C=O) groups is 1. The summed E-state index contributed by atoms with van der Waals surface area (Å²) >= 11 is 5.56. The van der Waals surface area contributed by atoms with E-state index < -0.39 is 17.7 Å². The van der Waals surface area contributed by atoms with Gasteiger partial charge in [-0.2, -0.15) is 0 Å². The molecule has 7 heteroatoms. The van der Waals surface area contributed by atoms with Crippen LogP contribution in [0.25, 0.3) is 0 Å².